The van der Waals surface area contributed by atoms with E-state index >= 15 is 0 Å². The number of nitrogens with zero attached hydrogens (tertiary/aromatic N) is 2. The Morgan fingerprint density at radius 2 is 0.860 bits per heavy atom. The van der Waals surface area contributed by atoms with E-state index in [1.807, 2.05) is 0 Å². The average molecular weight is 725 g/mol. The molecule has 0 spiro atoms. The van der Waals surface area contributed by atoms with Crippen molar-refractivity contribution in [1.29, 1.82) is 0 Å². The van der Waals surface area contributed by atoms with Crippen LogP contribution in [-0.2, 0) is 6.42 Å². The fourth-order valence-electron chi connectivity index (χ4n) is 9.50. The molecule has 0 radical (unpaired) electrons. The molecule has 0 saturated heterocycles. The van der Waals surface area contributed by atoms with Gasteiger partial charge in [-0.05, 0) is 110 Å². The molecule has 1 aliphatic rings. The van der Waals surface area contributed by atoms with Crippen molar-refractivity contribution in [1.82, 2.24) is 9.13 Å². The van der Waals surface area contributed by atoms with Gasteiger partial charge in [-0.25, -0.2) is 0 Å². The standard InChI is InChI=1S/C55H36N2/c1-3-12-36(13-4-1)38-22-26-43(27-23-38)57-54-31-25-41(34-50(54)48-29-28-46-45-19-8-7-16-42(45)35-51(46)55(48)57)40-24-30-53-49(33-40)47-20-9-10-21-52(47)56(53)44-18-11-17-39(32-44)37-14-5-2-6-15-37/h1-34H,35H2. The van der Waals surface area contributed by atoms with Crippen LogP contribution in [0.15, 0.2) is 206 Å². The van der Waals surface area contributed by atoms with Gasteiger partial charge in [-0.2, -0.15) is 0 Å². The van der Waals surface area contributed by atoms with Crippen LogP contribution in [-0.4, -0.2) is 9.13 Å². The van der Waals surface area contributed by atoms with E-state index in [9.17, 15) is 0 Å². The number of rotatable bonds is 5. The van der Waals surface area contributed by atoms with Crippen LogP contribution >= 0.6 is 0 Å². The zero-order valence-electron chi connectivity index (χ0n) is 31.2. The van der Waals surface area contributed by atoms with Crippen molar-refractivity contribution in [3.05, 3.63) is 217 Å². The van der Waals surface area contributed by atoms with Crippen LogP contribution < -0.4 is 0 Å². The maximum atomic E-state index is 2.51. The molecule has 0 saturated carbocycles. The predicted octanol–water partition coefficient (Wildman–Crippen LogP) is 14.5. The van der Waals surface area contributed by atoms with Gasteiger partial charge in [-0.3, -0.25) is 0 Å². The largest absolute Gasteiger partial charge is 0.309 e. The van der Waals surface area contributed by atoms with Crippen molar-refractivity contribution in [2.45, 2.75) is 6.42 Å². The molecule has 12 rings (SSSR count). The lowest BCUT2D eigenvalue weighted by Crippen LogP contribution is -1.97. The predicted molar refractivity (Wildman–Crippen MR) is 240 cm³/mol. The van der Waals surface area contributed by atoms with E-state index < -0.39 is 0 Å². The maximum absolute atomic E-state index is 2.51. The summed E-state index contributed by atoms with van der Waals surface area (Å²) in [5.41, 5.74) is 20.1. The summed E-state index contributed by atoms with van der Waals surface area (Å²) in [6, 6.07) is 75.8. The second-order valence-electron chi connectivity index (χ2n) is 15.3. The molecule has 57 heavy (non-hydrogen) atoms. The zero-order valence-corrected chi connectivity index (χ0v) is 31.2. The van der Waals surface area contributed by atoms with E-state index in [2.05, 4.69) is 215 Å². The highest BCUT2D eigenvalue weighted by molar-refractivity contribution is 6.14. The minimum Gasteiger partial charge on any atom is -0.309 e. The molecule has 2 heteroatoms. The normalized spacial score (nSPS) is 12.1. The molecule has 0 amide bonds. The SMILES string of the molecule is c1ccc(-c2ccc(-n3c4ccc(-c5ccc6c(c5)c5ccccc5n6-c5cccc(-c6ccccc6)c5)cc4c4ccc5c(c43)Cc3ccccc3-5)cc2)cc1. The van der Waals surface area contributed by atoms with E-state index in [0.717, 1.165) is 12.1 Å². The molecule has 0 N–H and O–H groups in total. The fraction of sp³-hybridized carbons (Fsp3) is 0.0182. The van der Waals surface area contributed by atoms with Crippen LogP contribution in [0.25, 0.3) is 99.5 Å². The number of hydrogen-bond acceptors (Lipinski definition) is 0. The van der Waals surface area contributed by atoms with Crippen molar-refractivity contribution in [2.24, 2.45) is 0 Å². The third-order valence-corrected chi connectivity index (χ3v) is 12.2. The van der Waals surface area contributed by atoms with Gasteiger partial charge in [0, 0.05) is 39.3 Å². The molecule has 0 bridgehead atoms. The van der Waals surface area contributed by atoms with E-state index in [1.54, 1.807) is 0 Å². The first-order valence-corrected chi connectivity index (χ1v) is 19.8. The van der Waals surface area contributed by atoms with Crippen molar-refractivity contribution in [3.63, 3.8) is 0 Å². The van der Waals surface area contributed by atoms with Crippen molar-refractivity contribution in [3.8, 4) is 55.9 Å². The molecule has 2 heterocycles. The van der Waals surface area contributed by atoms with Gasteiger partial charge in [0.15, 0.2) is 0 Å². The van der Waals surface area contributed by atoms with Crippen molar-refractivity contribution >= 4 is 43.6 Å². The van der Waals surface area contributed by atoms with Gasteiger partial charge in [-0.1, -0.05) is 152 Å². The molecule has 266 valence electrons. The molecule has 9 aromatic carbocycles. The Morgan fingerprint density at radius 1 is 0.298 bits per heavy atom. The second kappa shape index (κ2) is 12.6. The first-order chi connectivity index (χ1) is 28.3. The van der Waals surface area contributed by atoms with Crippen molar-refractivity contribution < 1.29 is 0 Å². The van der Waals surface area contributed by atoms with Gasteiger partial charge in [0.25, 0.3) is 0 Å². The fourth-order valence-corrected chi connectivity index (χ4v) is 9.50. The van der Waals surface area contributed by atoms with Gasteiger partial charge in [0.05, 0.1) is 22.1 Å². The van der Waals surface area contributed by atoms with Crippen LogP contribution in [0.2, 0.25) is 0 Å². The summed E-state index contributed by atoms with van der Waals surface area (Å²) < 4.78 is 4.92. The van der Waals surface area contributed by atoms with E-state index in [-0.39, 0.29) is 0 Å². The molecular weight excluding hydrogens is 689 g/mol. The third kappa shape index (κ3) is 4.97. The second-order valence-corrected chi connectivity index (χ2v) is 15.3. The van der Waals surface area contributed by atoms with E-state index in [0.29, 0.717) is 0 Å². The number of aromatic nitrogens is 2. The van der Waals surface area contributed by atoms with E-state index in [1.165, 1.54) is 105 Å². The Labute approximate surface area is 331 Å². The Balaban J connectivity index is 1.03. The summed E-state index contributed by atoms with van der Waals surface area (Å²) in [5, 5.41) is 5.08. The van der Waals surface area contributed by atoms with Gasteiger partial charge < -0.3 is 9.13 Å². The first-order valence-electron chi connectivity index (χ1n) is 19.8. The minimum absolute atomic E-state index is 0.934. The molecule has 11 aromatic rings. The van der Waals surface area contributed by atoms with Crippen LogP contribution in [0.3, 0.4) is 0 Å². The average Bonchev–Trinajstić information content (AvgIpc) is 3.94. The molecular formula is C55H36N2. The summed E-state index contributed by atoms with van der Waals surface area (Å²) in [7, 11) is 0. The highest BCUT2D eigenvalue weighted by Crippen LogP contribution is 2.45. The van der Waals surface area contributed by atoms with Crippen LogP contribution in [0, 0.1) is 0 Å². The molecule has 0 fully saturated rings. The minimum atomic E-state index is 0.934. The van der Waals surface area contributed by atoms with Crippen LogP contribution in [0.5, 0.6) is 0 Å². The molecule has 2 aromatic heterocycles. The lowest BCUT2D eigenvalue weighted by atomic mass is 9.99. The Bertz CT molecular complexity index is 3350. The Kier molecular flexibility index (Phi) is 7.02. The third-order valence-electron chi connectivity index (χ3n) is 12.2. The first kappa shape index (κ1) is 31.9. The monoisotopic (exact) mass is 724 g/mol. The number of benzene rings is 9. The smallest absolute Gasteiger partial charge is 0.0582 e. The topological polar surface area (TPSA) is 9.86 Å². The van der Waals surface area contributed by atoms with Gasteiger partial charge in [-0.15, -0.1) is 0 Å². The van der Waals surface area contributed by atoms with E-state index in [4.69, 9.17) is 0 Å². The highest BCUT2D eigenvalue weighted by Gasteiger charge is 2.25. The molecule has 1 aliphatic carbocycles. The highest BCUT2D eigenvalue weighted by atomic mass is 15.0. The summed E-state index contributed by atoms with van der Waals surface area (Å²) in [4.78, 5) is 0. The summed E-state index contributed by atoms with van der Waals surface area (Å²) in [5.74, 6) is 0. The van der Waals surface area contributed by atoms with Crippen molar-refractivity contribution in [2.75, 3.05) is 0 Å². The summed E-state index contributed by atoms with van der Waals surface area (Å²) >= 11 is 0. The Hall–Kier alpha value is -7.42. The molecule has 2 nitrogen and oxygen atoms in total. The summed E-state index contributed by atoms with van der Waals surface area (Å²) in [6.45, 7) is 0. The van der Waals surface area contributed by atoms with Gasteiger partial charge in [0.1, 0.15) is 0 Å². The lowest BCUT2D eigenvalue weighted by molar-refractivity contribution is 1.15. The number of para-hydroxylation sites is 1. The van der Waals surface area contributed by atoms with Crippen LogP contribution in [0.4, 0.5) is 0 Å². The summed E-state index contributed by atoms with van der Waals surface area (Å²) in [6.07, 6.45) is 0.934. The van der Waals surface area contributed by atoms with Gasteiger partial charge >= 0.3 is 0 Å². The number of hydrogen-bond donors (Lipinski definition) is 0. The number of fused-ring (bicyclic) bond motifs is 10. The molecule has 0 unspecified atom stereocenters. The molecule has 0 atom stereocenters. The lowest BCUT2D eigenvalue weighted by Gasteiger charge is -2.12. The Morgan fingerprint density at radius 3 is 1.63 bits per heavy atom. The quantitative estimate of drug-likeness (QED) is 0.167. The zero-order chi connectivity index (χ0) is 37.5. The van der Waals surface area contributed by atoms with Crippen LogP contribution in [0.1, 0.15) is 11.1 Å². The van der Waals surface area contributed by atoms with Gasteiger partial charge in [0.2, 0.25) is 0 Å². The maximum Gasteiger partial charge on any atom is 0.0582 e. The molecule has 0 aliphatic heterocycles.